The van der Waals surface area contributed by atoms with Crippen molar-refractivity contribution in [3.05, 3.63) is 40.6 Å². The number of carboxylic acid groups (broad SMARTS) is 1. The lowest BCUT2D eigenvalue weighted by atomic mass is 10.2. The number of nitrogens with zero attached hydrogens (tertiary/aromatic N) is 1. The number of aromatic nitrogens is 1. The number of benzene rings is 1. The van der Waals surface area contributed by atoms with Gasteiger partial charge in [0.05, 0.1) is 0 Å². The fraction of sp³-hybridized carbons (Fsp3) is 0.0833. The molecule has 0 radical (unpaired) electrons. The van der Waals surface area contributed by atoms with E-state index in [4.69, 9.17) is 5.11 Å². The maximum atomic E-state index is 12.9. The molecule has 5 nitrogen and oxygen atoms in total. The first-order valence-corrected chi connectivity index (χ1v) is 6.16. The van der Waals surface area contributed by atoms with Gasteiger partial charge in [-0.25, -0.2) is 4.79 Å². The van der Waals surface area contributed by atoms with Crippen molar-refractivity contribution in [3.63, 3.8) is 0 Å². The van der Waals surface area contributed by atoms with E-state index in [9.17, 15) is 13.6 Å². The van der Waals surface area contributed by atoms with Crippen LogP contribution in [0.4, 0.5) is 8.78 Å². The second-order valence-corrected chi connectivity index (χ2v) is 4.93. The molecule has 2 heterocycles. The SMILES string of the molecule is O=C(O)c1cc(Br)cn1-c1ccc2c(c1)OC(F)(F)O2. The third kappa shape index (κ3) is 2.11. The molecule has 0 bridgehead atoms. The van der Waals surface area contributed by atoms with E-state index in [2.05, 4.69) is 25.4 Å². The van der Waals surface area contributed by atoms with Crippen LogP contribution in [-0.2, 0) is 0 Å². The van der Waals surface area contributed by atoms with Crippen LogP contribution in [0.3, 0.4) is 0 Å². The Kier molecular flexibility index (Phi) is 2.72. The minimum Gasteiger partial charge on any atom is -0.477 e. The van der Waals surface area contributed by atoms with Crippen molar-refractivity contribution in [1.82, 2.24) is 4.57 Å². The van der Waals surface area contributed by atoms with Gasteiger partial charge in [-0.15, -0.1) is 8.78 Å². The van der Waals surface area contributed by atoms with E-state index in [1.165, 1.54) is 35.0 Å². The van der Waals surface area contributed by atoms with E-state index in [1.807, 2.05) is 0 Å². The molecule has 2 aromatic rings. The monoisotopic (exact) mass is 345 g/mol. The summed E-state index contributed by atoms with van der Waals surface area (Å²) in [6, 6.07) is 5.45. The highest BCUT2D eigenvalue weighted by Crippen LogP contribution is 2.42. The molecule has 1 aromatic carbocycles. The van der Waals surface area contributed by atoms with E-state index in [-0.39, 0.29) is 17.2 Å². The normalized spacial score (nSPS) is 15.3. The van der Waals surface area contributed by atoms with E-state index in [1.54, 1.807) is 0 Å². The van der Waals surface area contributed by atoms with Gasteiger partial charge in [0.15, 0.2) is 11.5 Å². The van der Waals surface area contributed by atoms with Crippen LogP contribution in [0, 0.1) is 0 Å². The van der Waals surface area contributed by atoms with Gasteiger partial charge in [0.25, 0.3) is 0 Å². The zero-order valence-corrected chi connectivity index (χ0v) is 11.2. The second kappa shape index (κ2) is 4.20. The van der Waals surface area contributed by atoms with Crippen LogP contribution in [0.25, 0.3) is 5.69 Å². The average Bonchev–Trinajstić information content (AvgIpc) is 2.86. The number of hydrogen-bond acceptors (Lipinski definition) is 3. The number of ether oxygens (including phenoxy) is 2. The van der Waals surface area contributed by atoms with Crippen molar-refractivity contribution >= 4 is 21.9 Å². The number of halogens is 3. The summed E-state index contributed by atoms with van der Waals surface area (Å²) in [6.45, 7) is 0. The predicted octanol–water partition coefficient (Wildman–Crippen LogP) is 3.26. The Hall–Kier alpha value is -2.09. The summed E-state index contributed by atoms with van der Waals surface area (Å²) in [6.07, 6.45) is -2.19. The highest BCUT2D eigenvalue weighted by molar-refractivity contribution is 9.10. The number of fused-ring (bicyclic) bond motifs is 1. The van der Waals surface area contributed by atoms with Crippen molar-refractivity contribution in [2.45, 2.75) is 6.29 Å². The summed E-state index contributed by atoms with van der Waals surface area (Å²) in [7, 11) is 0. The van der Waals surface area contributed by atoms with Crippen LogP contribution < -0.4 is 9.47 Å². The Balaban J connectivity index is 2.08. The summed E-state index contributed by atoms with van der Waals surface area (Å²) in [5, 5.41) is 9.10. The molecule has 1 N–H and O–H groups in total. The highest BCUT2D eigenvalue weighted by atomic mass is 79.9. The van der Waals surface area contributed by atoms with Crippen molar-refractivity contribution in [2.75, 3.05) is 0 Å². The summed E-state index contributed by atoms with van der Waals surface area (Å²) < 4.78 is 36.4. The molecule has 0 atom stereocenters. The first kappa shape index (κ1) is 12.9. The molecule has 0 saturated carbocycles. The van der Waals surface area contributed by atoms with Gasteiger partial charge in [0.1, 0.15) is 5.69 Å². The first-order valence-electron chi connectivity index (χ1n) is 5.37. The molecule has 104 valence electrons. The largest absolute Gasteiger partial charge is 0.586 e. The number of alkyl halides is 2. The Morgan fingerprint density at radius 1 is 1.25 bits per heavy atom. The fourth-order valence-corrected chi connectivity index (χ4v) is 2.32. The minimum atomic E-state index is -3.70. The molecule has 0 spiro atoms. The van der Waals surface area contributed by atoms with Crippen LogP contribution in [0.15, 0.2) is 34.9 Å². The summed E-state index contributed by atoms with van der Waals surface area (Å²) >= 11 is 3.17. The Morgan fingerprint density at radius 3 is 2.65 bits per heavy atom. The van der Waals surface area contributed by atoms with Gasteiger partial charge in [-0.3, -0.25) is 0 Å². The molecule has 1 aliphatic rings. The summed E-state index contributed by atoms with van der Waals surface area (Å²) in [5.74, 6) is -1.38. The maximum Gasteiger partial charge on any atom is 0.586 e. The lowest BCUT2D eigenvalue weighted by molar-refractivity contribution is -0.286. The van der Waals surface area contributed by atoms with E-state index in [0.29, 0.717) is 10.2 Å². The third-order valence-electron chi connectivity index (χ3n) is 2.67. The van der Waals surface area contributed by atoms with E-state index < -0.39 is 12.3 Å². The molecule has 0 amide bonds. The van der Waals surface area contributed by atoms with Crippen LogP contribution in [-0.4, -0.2) is 21.9 Å². The fourth-order valence-electron chi connectivity index (χ4n) is 1.90. The Bertz CT molecular complexity index is 713. The standard InChI is InChI=1S/C12H6BrF2NO4/c13-6-3-8(11(17)18)16(5-6)7-1-2-9-10(4-7)20-12(14,15)19-9/h1-5H,(H,17,18). The molecule has 0 fully saturated rings. The van der Waals surface area contributed by atoms with Crippen LogP contribution >= 0.6 is 15.9 Å². The predicted molar refractivity (Wildman–Crippen MR) is 66.6 cm³/mol. The quantitative estimate of drug-likeness (QED) is 0.907. The molecule has 20 heavy (non-hydrogen) atoms. The Labute approximate surface area is 119 Å². The smallest absolute Gasteiger partial charge is 0.477 e. The number of rotatable bonds is 2. The van der Waals surface area contributed by atoms with Crippen molar-refractivity contribution in [3.8, 4) is 17.2 Å². The van der Waals surface area contributed by atoms with Gasteiger partial charge < -0.3 is 19.1 Å². The molecule has 0 unspecified atom stereocenters. The van der Waals surface area contributed by atoms with E-state index in [0.717, 1.165) is 0 Å². The average molecular weight is 346 g/mol. The molecular formula is C12H6BrF2NO4. The van der Waals surface area contributed by atoms with Crippen LogP contribution in [0.5, 0.6) is 11.5 Å². The molecule has 1 aromatic heterocycles. The van der Waals surface area contributed by atoms with Gasteiger partial charge >= 0.3 is 12.3 Å². The summed E-state index contributed by atoms with van der Waals surface area (Å²) in [4.78, 5) is 11.1. The molecule has 0 aliphatic carbocycles. The molecular weight excluding hydrogens is 340 g/mol. The molecule has 0 saturated heterocycles. The lowest BCUT2D eigenvalue weighted by Gasteiger charge is -2.06. The Morgan fingerprint density at radius 2 is 1.95 bits per heavy atom. The first-order chi connectivity index (χ1) is 9.35. The van der Waals surface area contributed by atoms with Crippen molar-refractivity contribution < 1.29 is 28.2 Å². The molecule has 3 rings (SSSR count). The van der Waals surface area contributed by atoms with Crippen LogP contribution in [0.1, 0.15) is 10.5 Å². The zero-order chi connectivity index (χ0) is 14.5. The number of carbonyl (C=O) groups is 1. The minimum absolute atomic E-state index is 0.0116. The highest BCUT2D eigenvalue weighted by Gasteiger charge is 2.43. The topological polar surface area (TPSA) is 60.7 Å². The number of carboxylic acids is 1. The summed E-state index contributed by atoms with van der Waals surface area (Å²) in [5.41, 5.74) is 0.357. The van der Waals surface area contributed by atoms with Crippen molar-refractivity contribution in [2.24, 2.45) is 0 Å². The van der Waals surface area contributed by atoms with Gasteiger partial charge in [-0.1, -0.05) is 0 Å². The van der Waals surface area contributed by atoms with Gasteiger partial charge in [-0.2, -0.15) is 0 Å². The third-order valence-corrected chi connectivity index (χ3v) is 3.10. The number of hydrogen-bond donors (Lipinski definition) is 1. The van der Waals surface area contributed by atoms with Gasteiger partial charge in [0, 0.05) is 22.4 Å². The van der Waals surface area contributed by atoms with E-state index >= 15 is 0 Å². The lowest BCUT2D eigenvalue weighted by Crippen LogP contribution is -2.25. The van der Waals surface area contributed by atoms with Gasteiger partial charge in [-0.05, 0) is 34.1 Å². The second-order valence-electron chi connectivity index (χ2n) is 4.02. The number of aromatic carboxylic acids is 1. The molecule has 1 aliphatic heterocycles. The van der Waals surface area contributed by atoms with Gasteiger partial charge in [0.2, 0.25) is 0 Å². The maximum absolute atomic E-state index is 12.9. The molecule has 8 heteroatoms. The zero-order valence-electron chi connectivity index (χ0n) is 9.64. The van der Waals surface area contributed by atoms with Crippen molar-refractivity contribution in [1.29, 1.82) is 0 Å². The van der Waals surface area contributed by atoms with Crippen LogP contribution in [0.2, 0.25) is 0 Å².